The molecule has 1 saturated carbocycles. The Morgan fingerprint density at radius 3 is 2.56 bits per heavy atom. The molecule has 1 aliphatic carbocycles. The summed E-state index contributed by atoms with van der Waals surface area (Å²) in [5.41, 5.74) is 0.505. The SMILES string of the molecule is CCNCC1(CCOc2ccc(Br)cc2)CCC1. The van der Waals surface area contributed by atoms with Gasteiger partial charge in [0.15, 0.2) is 0 Å². The molecule has 0 spiro atoms. The number of ether oxygens (including phenoxy) is 1. The highest BCUT2D eigenvalue weighted by Gasteiger charge is 2.35. The Labute approximate surface area is 118 Å². The molecular weight excluding hydrogens is 290 g/mol. The van der Waals surface area contributed by atoms with Gasteiger partial charge in [0.05, 0.1) is 6.61 Å². The molecule has 1 aromatic rings. The van der Waals surface area contributed by atoms with E-state index in [1.165, 1.54) is 19.3 Å². The van der Waals surface area contributed by atoms with Crippen molar-refractivity contribution in [3.8, 4) is 5.75 Å². The molecule has 0 radical (unpaired) electrons. The Morgan fingerprint density at radius 1 is 1.28 bits per heavy atom. The summed E-state index contributed by atoms with van der Waals surface area (Å²) in [6.07, 6.45) is 5.24. The zero-order valence-electron chi connectivity index (χ0n) is 11.0. The Hall–Kier alpha value is -0.540. The molecule has 100 valence electrons. The molecule has 0 heterocycles. The molecule has 3 heteroatoms. The average Bonchev–Trinajstić information content (AvgIpc) is 2.34. The second-order valence-electron chi connectivity index (χ2n) is 5.19. The third-order valence-electron chi connectivity index (χ3n) is 3.88. The Bertz CT molecular complexity index is 359. The lowest BCUT2D eigenvalue weighted by atomic mass is 9.67. The van der Waals surface area contributed by atoms with Crippen molar-refractivity contribution in [1.82, 2.24) is 5.32 Å². The average molecular weight is 312 g/mol. The van der Waals surface area contributed by atoms with Gasteiger partial charge < -0.3 is 10.1 Å². The highest BCUT2D eigenvalue weighted by atomic mass is 79.9. The molecule has 2 nitrogen and oxygen atoms in total. The predicted molar refractivity (Wildman–Crippen MR) is 79.1 cm³/mol. The van der Waals surface area contributed by atoms with Crippen LogP contribution < -0.4 is 10.1 Å². The number of halogens is 1. The van der Waals surface area contributed by atoms with E-state index in [0.717, 1.165) is 36.3 Å². The van der Waals surface area contributed by atoms with Crippen LogP contribution >= 0.6 is 15.9 Å². The number of benzene rings is 1. The first kappa shape index (κ1) is 13.9. The van der Waals surface area contributed by atoms with Crippen molar-refractivity contribution in [2.75, 3.05) is 19.7 Å². The molecule has 0 bridgehead atoms. The monoisotopic (exact) mass is 311 g/mol. The van der Waals surface area contributed by atoms with Gasteiger partial charge in [0.25, 0.3) is 0 Å². The fraction of sp³-hybridized carbons (Fsp3) is 0.600. The van der Waals surface area contributed by atoms with E-state index >= 15 is 0 Å². The maximum absolute atomic E-state index is 5.82. The minimum atomic E-state index is 0.505. The molecule has 0 atom stereocenters. The second-order valence-corrected chi connectivity index (χ2v) is 6.10. The smallest absolute Gasteiger partial charge is 0.119 e. The van der Waals surface area contributed by atoms with Gasteiger partial charge in [-0.05, 0) is 55.5 Å². The maximum Gasteiger partial charge on any atom is 0.119 e. The quantitative estimate of drug-likeness (QED) is 0.822. The number of hydrogen-bond acceptors (Lipinski definition) is 2. The van der Waals surface area contributed by atoms with E-state index in [0.29, 0.717) is 5.41 Å². The highest BCUT2D eigenvalue weighted by molar-refractivity contribution is 9.10. The predicted octanol–water partition coefficient (Wildman–Crippen LogP) is 4.00. The first-order valence-electron chi connectivity index (χ1n) is 6.83. The minimum absolute atomic E-state index is 0.505. The molecule has 1 aliphatic rings. The van der Waals surface area contributed by atoms with E-state index in [4.69, 9.17) is 4.74 Å². The molecule has 18 heavy (non-hydrogen) atoms. The zero-order chi connectivity index (χ0) is 12.8. The van der Waals surface area contributed by atoms with Crippen LogP contribution in [0.25, 0.3) is 0 Å². The van der Waals surface area contributed by atoms with Crippen LogP contribution in [-0.2, 0) is 0 Å². The van der Waals surface area contributed by atoms with Gasteiger partial charge in [-0.1, -0.05) is 29.3 Å². The molecule has 1 fully saturated rings. The summed E-state index contributed by atoms with van der Waals surface area (Å²) in [5.74, 6) is 0.969. The third kappa shape index (κ3) is 3.72. The molecule has 0 saturated heterocycles. The van der Waals surface area contributed by atoms with Crippen LogP contribution in [0.1, 0.15) is 32.6 Å². The van der Waals surface area contributed by atoms with Gasteiger partial charge in [0.2, 0.25) is 0 Å². The van der Waals surface area contributed by atoms with Gasteiger partial charge in [-0.25, -0.2) is 0 Å². The third-order valence-corrected chi connectivity index (χ3v) is 4.41. The van der Waals surface area contributed by atoms with E-state index in [1.807, 2.05) is 24.3 Å². The topological polar surface area (TPSA) is 21.3 Å². The van der Waals surface area contributed by atoms with Crippen molar-refractivity contribution in [1.29, 1.82) is 0 Å². The molecule has 1 N–H and O–H groups in total. The second kappa shape index (κ2) is 6.58. The van der Waals surface area contributed by atoms with Crippen LogP contribution in [0, 0.1) is 5.41 Å². The van der Waals surface area contributed by atoms with Crippen LogP contribution in [0.4, 0.5) is 0 Å². The summed E-state index contributed by atoms with van der Waals surface area (Å²) in [5, 5.41) is 3.49. The Kier molecular flexibility index (Phi) is 5.07. The van der Waals surface area contributed by atoms with Crippen molar-refractivity contribution in [3.63, 3.8) is 0 Å². The summed E-state index contributed by atoms with van der Waals surface area (Å²) in [6, 6.07) is 8.07. The van der Waals surface area contributed by atoms with Gasteiger partial charge >= 0.3 is 0 Å². The molecule has 2 rings (SSSR count). The molecule has 0 unspecified atom stereocenters. The number of rotatable bonds is 7. The largest absolute Gasteiger partial charge is 0.494 e. The summed E-state index contributed by atoms with van der Waals surface area (Å²) in [7, 11) is 0. The summed E-state index contributed by atoms with van der Waals surface area (Å²) >= 11 is 3.43. The van der Waals surface area contributed by atoms with Gasteiger partial charge in [0.1, 0.15) is 5.75 Å². The van der Waals surface area contributed by atoms with Crippen LogP contribution in [-0.4, -0.2) is 19.7 Å². The van der Waals surface area contributed by atoms with Crippen LogP contribution in [0.3, 0.4) is 0 Å². The van der Waals surface area contributed by atoms with Crippen LogP contribution in [0.2, 0.25) is 0 Å². The van der Waals surface area contributed by atoms with Crippen molar-refractivity contribution in [3.05, 3.63) is 28.7 Å². The van der Waals surface area contributed by atoms with E-state index in [1.54, 1.807) is 0 Å². The fourth-order valence-corrected chi connectivity index (χ4v) is 2.76. The molecular formula is C15H22BrNO. The summed E-state index contributed by atoms with van der Waals surface area (Å²) in [4.78, 5) is 0. The van der Waals surface area contributed by atoms with Crippen molar-refractivity contribution >= 4 is 15.9 Å². The van der Waals surface area contributed by atoms with Gasteiger partial charge in [-0.15, -0.1) is 0 Å². The van der Waals surface area contributed by atoms with E-state index in [2.05, 4.69) is 28.2 Å². The molecule has 1 aromatic carbocycles. The minimum Gasteiger partial charge on any atom is -0.494 e. The van der Waals surface area contributed by atoms with Crippen molar-refractivity contribution < 1.29 is 4.74 Å². The lowest BCUT2D eigenvalue weighted by Gasteiger charge is -2.42. The van der Waals surface area contributed by atoms with Crippen molar-refractivity contribution in [2.24, 2.45) is 5.41 Å². The first-order valence-corrected chi connectivity index (χ1v) is 7.62. The normalized spacial score (nSPS) is 17.2. The number of nitrogens with one attached hydrogen (secondary N) is 1. The van der Waals surface area contributed by atoms with E-state index < -0.39 is 0 Å². The fourth-order valence-electron chi connectivity index (χ4n) is 2.50. The highest BCUT2D eigenvalue weighted by Crippen LogP contribution is 2.43. The summed E-state index contributed by atoms with van der Waals surface area (Å²) in [6.45, 7) is 5.21. The first-order chi connectivity index (χ1) is 8.74. The molecule has 0 aliphatic heterocycles. The van der Waals surface area contributed by atoms with Gasteiger partial charge in [-0.2, -0.15) is 0 Å². The Morgan fingerprint density at radius 2 is 2.00 bits per heavy atom. The lowest BCUT2D eigenvalue weighted by Crippen LogP contribution is -2.41. The van der Waals surface area contributed by atoms with E-state index in [-0.39, 0.29) is 0 Å². The van der Waals surface area contributed by atoms with Gasteiger partial charge in [-0.3, -0.25) is 0 Å². The maximum atomic E-state index is 5.82. The zero-order valence-corrected chi connectivity index (χ0v) is 12.6. The molecule has 0 amide bonds. The van der Waals surface area contributed by atoms with Crippen LogP contribution in [0.5, 0.6) is 5.75 Å². The van der Waals surface area contributed by atoms with E-state index in [9.17, 15) is 0 Å². The lowest BCUT2D eigenvalue weighted by molar-refractivity contribution is 0.0928. The van der Waals surface area contributed by atoms with Crippen LogP contribution in [0.15, 0.2) is 28.7 Å². The molecule has 0 aromatic heterocycles. The number of hydrogen-bond donors (Lipinski definition) is 1. The standard InChI is InChI=1S/C15H22BrNO/c1-2-17-12-15(8-3-9-15)10-11-18-14-6-4-13(16)5-7-14/h4-7,17H,2-3,8-12H2,1H3. The Balaban J connectivity index is 1.75. The summed E-state index contributed by atoms with van der Waals surface area (Å²) < 4.78 is 6.92. The van der Waals surface area contributed by atoms with Gasteiger partial charge in [0, 0.05) is 11.0 Å². The van der Waals surface area contributed by atoms with Crippen molar-refractivity contribution in [2.45, 2.75) is 32.6 Å².